The van der Waals surface area contributed by atoms with Crippen molar-refractivity contribution in [3.05, 3.63) is 54.0 Å². The first-order chi connectivity index (χ1) is 19.2. The molecule has 2 saturated heterocycles. The molecule has 4 aromatic heterocycles. The molecule has 10 nitrogen and oxygen atoms in total. The lowest BCUT2D eigenvalue weighted by molar-refractivity contribution is -0.0314. The molecule has 0 aromatic carbocycles. The summed E-state index contributed by atoms with van der Waals surface area (Å²) in [5.41, 5.74) is 2.91. The smallest absolute Gasteiger partial charge is 0.255 e. The molecule has 0 unspecified atom stereocenters. The van der Waals surface area contributed by atoms with Gasteiger partial charge >= 0.3 is 0 Å². The summed E-state index contributed by atoms with van der Waals surface area (Å²) in [6.45, 7) is 13.2. The van der Waals surface area contributed by atoms with Crippen LogP contribution < -0.4 is 5.32 Å². The van der Waals surface area contributed by atoms with Crippen LogP contribution in [0.15, 0.2) is 36.8 Å². The van der Waals surface area contributed by atoms with Crippen LogP contribution in [0.25, 0.3) is 22.4 Å². The van der Waals surface area contributed by atoms with Crippen molar-refractivity contribution in [2.75, 3.05) is 38.0 Å². The van der Waals surface area contributed by atoms with Gasteiger partial charge in [0.05, 0.1) is 17.3 Å². The highest BCUT2D eigenvalue weighted by atomic mass is 19.1. The van der Waals surface area contributed by atoms with Gasteiger partial charge in [-0.3, -0.25) is 4.79 Å². The normalized spacial score (nSPS) is 17.0. The van der Waals surface area contributed by atoms with Crippen LogP contribution in [0.2, 0.25) is 0 Å². The minimum Gasteiger partial charge on any atom is -0.337 e. The average Bonchev–Trinajstić information content (AvgIpc) is 3.28. The minimum atomic E-state index is -0.555. The number of anilines is 2. The maximum atomic E-state index is 14.8. The topological polar surface area (TPSA) is 105 Å². The molecule has 40 heavy (non-hydrogen) atoms. The second kappa shape index (κ2) is 10.2. The number of aryl methyl sites for hydroxylation is 1. The predicted molar refractivity (Wildman–Crippen MR) is 151 cm³/mol. The Morgan fingerprint density at radius 2 is 1.85 bits per heavy atom. The van der Waals surface area contributed by atoms with Crippen LogP contribution in [-0.2, 0) is 0 Å². The number of nitrogens with one attached hydrogen (secondary N) is 1. The molecule has 1 spiro atoms. The number of hydrogen-bond acceptors (Lipinski definition) is 8. The standard InChI is InChI=1S/C29H34FN9O/c1-5-37-10-8-29(9-11-37)16-38(17-29)27(40)20-6-7-24(31-13-20)35-28-33-15-22(30)25(36-28)21-12-23-26(32-14-21)34-19(4)39(23)18(2)3/h6-7,12-15,18H,5,8-11,16-17H2,1-4H3,(H,31,33,35,36). The van der Waals surface area contributed by atoms with Gasteiger partial charge in [0.15, 0.2) is 11.5 Å². The summed E-state index contributed by atoms with van der Waals surface area (Å²) in [5.74, 6) is 0.948. The van der Waals surface area contributed by atoms with Gasteiger partial charge in [-0.05, 0) is 71.4 Å². The van der Waals surface area contributed by atoms with Gasteiger partial charge in [0.25, 0.3) is 5.91 Å². The highest BCUT2D eigenvalue weighted by Crippen LogP contribution is 2.41. The van der Waals surface area contributed by atoms with E-state index in [1.807, 2.05) is 17.9 Å². The summed E-state index contributed by atoms with van der Waals surface area (Å²) < 4.78 is 16.9. The van der Waals surface area contributed by atoms with Gasteiger partial charge < -0.3 is 19.7 Å². The molecule has 6 heterocycles. The van der Waals surface area contributed by atoms with E-state index in [-0.39, 0.29) is 29.0 Å². The van der Waals surface area contributed by atoms with Crippen LogP contribution in [0.5, 0.6) is 0 Å². The van der Waals surface area contributed by atoms with Gasteiger partial charge in [0.2, 0.25) is 5.95 Å². The molecular formula is C29H34FN9O. The van der Waals surface area contributed by atoms with Crippen LogP contribution in [0.4, 0.5) is 16.2 Å². The Kier molecular flexibility index (Phi) is 6.69. The number of aromatic nitrogens is 6. The number of amides is 1. The molecule has 4 aromatic rings. The molecular weight excluding hydrogens is 509 g/mol. The van der Waals surface area contributed by atoms with Gasteiger partial charge in [0.1, 0.15) is 17.3 Å². The van der Waals surface area contributed by atoms with E-state index >= 15 is 0 Å². The van der Waals surface area contributed by atoms with Crippen LogP contribution in [0, 0.1) is 18.2 Å². The summed E-state index contributed by atoms with van der Waals surface area (Å²) in [6, 6.07) is 5.49. The van der Waals surface area contributed by atoms with Crippen LogP contribution in [0.1, 0.15) is 55.8 Å². The molecule has 1 amide bonds. The number of imidazole rings is 1. The van der Waals surface area contributed by atoms with Crippen molar-refractivity contribution in [2.45, 2.75) is 46.6 Å². The highest BCUT2D eigenvalue weighted by Gasteiger charge is 2.46. The number of pyridine rings is 2. The lowest BCUT2D eigenvalue weighted by Gasteiger charge is -2.54. The number of nitrogens with zero attached hydrogens (tertiary/aromatic N) is 8. The number of hydrogen-bond donors (Lipinski definition) is 1. The summed E-state index contributed by atoms with van der Waals surface area (Å²) in [7, 11) is 0. The largest absolute Gasteiger partial charge is 0.337 e. The van der Waals surface area contributed by atoms with Crippen LogP contribution >= 0.6 is 0 Å². The Morgan fingerprint density at radius 3 is 2.52 bits per heavy atom. The fourth-order valence-electron chi connectivity index (χ4n) is 5.96. The van der Waals surface area contributed by atoms with E-state index in [1.54, 1.807) is 24.5 Å². The summed E-state index contributed by atoms with van der Waals surface area (Å²) in [6.07, 6.45) is 6.56. The molecule has 0 bridgehead atoms. The van der Waals surface area contributed by atoms with Crippen LogP contribution in [-0.4, -0.2) is 77.9 Å². The SMILES string of the molecule is CCN1CCC2(CC1)CN(C(=O)c1ccc(Nc3ncc(F)c(-c4cnc5nc(C)n(C(C)C)c5c4)n3)nc1)C2. The monoisotopic (exact) mass is 543 g/mol. The molecule has 6 rings (SSSR count). The zero-order chi connectivity index (χ0) is 28.0. The number of fused-ring (bicyclic) bond motifs is 1. The Hall–Kier alpha value is -3.99. The lowest BCUT2D eigenvalue weighted by atomic mass is 9.72. The van der Waals surface area contributed by atoms with Gasteiger partial charge in [-0.15, -0.1) is 0 Å². The van der Waals surface area contributed by atoms with Crippen molar-refractivity contribution in [1.82, 2.24) is 39.3 Å². The zero-order valence-electron chi connectivity index (χ0n) is 23.4. The highest BCUT2D eigenvalue weighted by molar-refractivity contribution is 5.94. The number of halogens is 1. The molecule has 11 heteroatoms. The fraction of sp³-hybridized carbons (Fsp3) is 0.448. The summed E-state index contributed by atoms with van der Waals surface area (Å²) in [4.78, 5) is 39.2. The van der Waals surface area contributed by atoms with Crippen molar-refractivity contribution in [3.63, 3.8) is 0 Å². The number of carbonyl (C=O) groups is 1. The predicted octanol–water partition coefficient (Wildman–Crippen LogP) is 4.61. The summed E-state index contributed by atoms with van der Waals surface area (Å²) >= 11 is 0. The van der Waals surface area contributed by atoms with E-state index in [0.29, 0.717) is 22.6 Å². The molecule has 208 valence electrons. The Balaban J connectivity index is 1.15. The van der Waals surface area contributed by atoms with Crippen molar-refractivity contribution in [2.24, 2.45) is 5.41 Å². The van der Waals surface area contributed by atoms with Crippen molar-refractivity contribution in [1.29, 1.82) is 0 Å². The number of likely N-dealkylation sites (tertiary alicyclic amines) is 2. The third-order valence-electron chi connectivity index (χ3n) is 8.21. The Bertz CT molecular complexity index is 1550. The van der Waals surface area contributed by atoms with E-state index in [1.165, 1.54) is 0 Å². The molecule has 0 atom stereocenters. The minimum absolute atomic E-state index is 0.00156. The molecule has 1 N–H and O–H groups in total. The zero-order valence-corrected chi connectivity index (χ0v) is 23.4. The van der Waals surface area contributed by atoms with E-state index in [4.69, 9.17) is 0 Å². The number of rotatable bonds is 6. The first kappa shape index (κ1) is 26.2. The van der Waals surface area contributed by atoms with Gasteiger partial charge in [-0.25, -0.2) is 29.3 Å². The van der Waals surface area contributed by atoms with E-state index in [2.05, 4.69) is 60.5 Å². The third kappa shape index (κ3) is 4.78. The van der Waals surface area contributed by atoms with E-state index < -0.39 is 5.82 Å². The lowest BCUT2D eigenvalue weighted by Crippen LogP contribution is -2.61. The van der Waals surface area contributed by atoms with Gasteiger partial charge in [-0.1, -0.05) is 6.92 Å². The number of piperidine rings is 1. The van der Waals surface area contributed by atoms with E-state index in [0.717, 1.165) is 63.1 Å². The van der Waals surface area contributed by atoms with Crippen molar-refractivity contribution >= 4 is 28.8 Å². The molecule has 0 radical (unpaired) electrons. The quantitative estimate of drug-likeness (QED) is 0.376. The number of carbonyl (C=O) groups excluding carboxylic acids is 1. The van der Waals surface area contributed by atoms with Crippen LogP contribution in [0.3, 0.4) is 0 Å². The van der Waals surface area contributed by atoms with Crippen molar-refractivity contribution < 1.29 is 9.18 Å². The van der Waals surface area contributed by atoms with Crippen molar-refractivity contribution in [3.8, 4) is 11.3 Å². The Morgan fingerprint density at radius 1 is 1.07 bits per heavy atom. The maximum Gasteiger partial charge on any atom is 0.255 e. The maximum absolute atomic E-state index is 14.8. The molecule has 0 saturated carbocycles. The third-order valence-corrected chi connectivity index (χ3v) is 8.21. The van der Waals surface area contributed by atoms with Gasteiger partial charge in [0, 0.05) is 42.5 Å². The first-order valence-electron chi connectivity index (χ1n) is 13.9. The molecule has 0 aliphatic carbocycles. The first-order valence-corrected chi connectivity index (χ1v) is 13.9. The fourth-order valence-corrected chi connectivity index (χ4v) is 5.96. The Labute approximate surface area is 232 Å². The average molecular weight is 544 g/mol. The molecule has 2 aliphatic rings. The molecule has 2 aliphatic heterocycles. The van der Waals surface area contributed by atoms with Gasteiger partial charge in [-0.2, -0.15) is 0 Å². The molecule has 2 fully saturated rings. The second-order valence-corrected chi connectivity index (χ2v) is 11.2. The van der Waals surface area contributed by atoms with E-state index in [9.17, 15) is 9.18 Å². The second-order valence-electron chi connectivity index (χ2n) is 11.2. The summed E-state index contributed by atoms with van der Waals surface area (Å²) in [5, 5.41) is 3.02.